The number of oxazole rings is 1. The molecule has 5 heteroatoms. The molecule has 2 heterocycles. The van der Waals surface area contributed by atoms with Gasteiger partial charge in [0, 0.05) is 24.3 Å². The first-order valence-electron chi connectivity index (χ1n) is 9.33. The number of rotatable bonds is 4. The number of nitrogens with zero attached hydrogens (tertiary/aromatic N) is 2. The molecule has 2 N–H and O–H groups in total. The van der Waals surface area contributed by atoms with E-state index in [-0.39, 0.29) is 5.91 Å². The molecule has 1 amide bonds. The van der Waals surface area contributed by atoms with Crippen LogP contribution in [-0.4, -0.2) is 28.9 Å². The van der Waals surface area contributed by atoms with E-state index >= 15 is 0 Å². The fourth-order valence-electron chi connectivity index (χ4n) is 3.58. The Hall–Kier alpha value is -3.08. The van der Waals surface area contributed by atoms with Crippen molar-refractivity contribution in [2.24, 2.45) is 5.92 Å². The molecule has 1 saturated heterocycles. The van der Waals surface area contributed by atoms with Crippen LogP contribution in [0.5, 0.6) is 0 Å². The van der Waals surface area contributed by atoms with Crippen molar-refractivity contribution in [1.82, 2.24) is 9.88 Å². The molecule has 1 aliphatic heterocycles. The Bertz CT molecular complexity index is 895. The largest absolute Gasteiger partial charge is 0.444 e. The summed E-state index contributed by atoms with van der Waals surface area (Å²) in [7, 11) is 0. The third-order valence-corrected chi connectivity index (χ3v) is 5.15. The van der Waals surface area contributed by atoms with E-state index in [9.17, 15) is 4.79 Å². The number of amides is 1. The quantitative estimate of drug-likeness (QED) is 0.713. The zero-order valence-electron chi connectivity index (χ0n) is 15.2. The van der Waals surface area contributed by atoms with Crippen LogP contribution < -0.4 is 5.73 Å². The predicted molar refractivity (Wildman–Crippen MR) is 105 cm³/mol. The van der Waals surface area contributed by atoms with Gasteiger partial charge in [0.1, 0.15) is 6.26 Å². The summed E-state index contributed by atoms with van der Waals surface area (Å²) in [4.78, 5) is 19.0. The van der Waals surface area contributed by atoms with Crippen LogP contribution in [0.15, 0.2) is 65.3 Å². The first kappa shape index (κ1) is 17.3. The Morgan fingerprint density at radius 2 is 1.78 bits per heavy atom. The van der Waals surface area contributed by atoms with Crippen LogP contribution in [0.3, 0.4) is 0 Å². The molecule has 0 aliphatic carbocycles. The van der Waals surface area contributed by atoms with Crippen LogP contribution in [0.2, 0.25) is 0 Å². The Labute approximate surface area is 158 Å². The lowest BCUT2D eigenvalue weighted by Gasteiger charge is -2.31. The summed E-state index contributed by atoms with van der Waals surface area (Å²) in [6, 6.07) is 17.8. The average molecular weight is 361 g/mol. The van der Waals surface area contributed by atoms with E-state index in [1.807, 2.05) is 23.1 Å². The summed E-state index contributed by atoms with van der Waals surface area (Å²) in [5.74, 6) is 1.01. The van der Waals surface area contributed by atoms with Crippen LogP contribution in [0, 0.1) is 5.92 Å². The monoisotopic (exact) mass is 361 g/mol. The van der Waals surface area contributed by atoms with Gasteiger partial charge in [0.05, 0.1) is 0 Å². The van der Waals surface area contributed by atoms with Crippen molar-refractivity contribution in [3.63, 3.8) is 0 Å². The summed E-state index contributed by atoms with van der Waals surface area (Å²) in [5, 5.41) is 0. The molecular weight excluding hydrogens is 338 g/mol. The molecule has 0 atom stereocenters. The van der Waals surface area contributed by atoms with Gasteiger partial charge in [0.2, 0.25) is 5.89 Å². The highest BCUT2D eigenvalue weighted by Gasteiger charge is 2.25. The summed E-state index contributed by atoms with van der Waals surface area (Å²) in [6.45, 7) is 1.53. The Balaban J connectivity index is 1.36. The first-order chi connectivity index (χ1) is 13.2. The van der Waals surface area contributed by atoms with Crippen LogP contribution in [-0.2, 0) is 6.42 Å². The van der Waals surface area contributed by atoms with Gasteiger partial charge in [-0.3, -0.25) is 4.79 Å². The number of hydrogen-bond donors (Lipinski definition) is 1. The molecule has 3 aromatic rings. The lowest BCUT2D eigenvalue weighted by Crippen LogP contribution is -2.39. The molecule has 4 rings (SSSR count). The maximum Gasteiger partial charge on any atom is 0.275 e. The topological polar surface area (TPSA) is 72.4 Å². The number of piperidine rings is 1. The molecule has 0 spiro atoms. The molecule has 0 unspecified atom stereocenters. The van der Waals surface area contributed by atoms with E-state index in [1.54, 1.807) is 12.1 Å². The smallest absolute Gasteiger partial charge is 0.275 e. The number of carbonyl (C=O) groups is 1. The van der Waals surface area contributed by atoms with Crippen molar-refractivity contribution in [3.05, 3.63) is 72.1 Å². The van der Waals surface area contributed by atoms with Crippen LogP contribution in [0.25, 0.3) is 11.5 Å². The zero-order valence-corrected chi connectivity index (χ0v) is 15.2. The van der Waals surface area contributed by atoms with Crippen molar-refractivity contribution in [2.75, 3.05) is 18.8 Å². The number of benzene rings is 2. The number of nitrogen functional groups attached to an aromatic ring is 1. The van der Waals surface area contributed by atoms with Crippen LogP contribution in [0.4, 0.5) is 5.69 Å². The molecule has 0 bridgehead atoms. The second kappa shape index (κ2) is 7.66. The molecule has 138 valence electrons. The van der Waals surface area contributed by atoms with E-state index < -0.39 is 0 Å². The standard InChI is InChI=1S/C22H23N3O2/c23-19-8-6-18(7-9-19)21-24-20(15-27-21)22(26)25-12-10-17(11-13-25)14-16-4-2-1-3-5-16/h1-9,15,17H,10-14,23H2. The van der Waals surface area contributed by atoms with Gasteiger partial charge in [-0.15, -0.1) is 0 Å². The molecule has 27 heavy (non-hydrogen) atoms. The van der Waals surface area contributed by atoms with Crippen molar-refractivity contribution in [3.8, 4) is 11.5 Å². The van der Waals surface area contributed by atoms with E-state index in [0.29, 0.717) is 23.2 Å². The van der Waals surface area contributed by atoms with Crippen molar-refractivity contribution >= 4 is 11.6 Å². The lowest BCUT2D eigenvalue weighted by molar-refractivity contribution is 0.0684. The van der Waals surface area contributed by atoms with Gasteiger partial charge < -0.3 is 15.1 Å². The van der Waals surface area contributed by atoms with Crippen molar-refractivity contribution in [1.29, 1.82) is 0 Å². The lowest BCUT2D eigenvalue weighted by atomic mass is 9.90. The van der Waals surface area contributed by atoms with Crippen LogP contribution in [0.1, 0.15) is 28.9 Å². The molecule has 5 nitrogen and oxygen atoms in total. The second-order valence-corrected chi connectivity index (χ2v) is 7.09. The molecule has 1 aromatic heterocycles. The van der Waals surface area contributed by atoms with E-state index in [4.69, 9.17) is 10.2 Å². The maximum atomic E-state index is 12.7. The Morgan fingerprint density at radius 1 is 1.07 bits per heavy atom. The van der Waals surface area contributed by atoms with Crippen molar-refractivity contribution in [2.45, 2.75) is 19.3 Å². The van der Waals surface area contributed by atoms with Crippen molar-refractivity contribution < 1.29 is 9.21 Å². The fraction of sp³-hybridized carbons (Fsp3) is 0.273. The summed E-state index contributed by atoms with van der Waals surface area (Å²) < 4.78 is 5.50. The summed E-state index contributed by atoms with van der Waals surface area (Å²) in [5.41, 5.74) is 8.93. The van der Waals surface area contributed by atoms with Gasteiger partial charge in [-0.25, -0.2) is 4.98 Å². The van der Waals surface area contributed by atoms with Crippen LogP contribution >= 0.6 is 0 Å². The number of hydrogen-bond acceptors (Lipinski definition) is 4. The SMILES string of the molecule is Nc1ccc(-c2nc(C(=O)N3CCC(Cc4ccccc4)CC3)co2)cc1. The average Bonchev–Trinajstić information content (AvgIpc) is 3.20. The van der Waals surface area contributed by atoms with Gasteiger partial charge >= 0.3 is 0 Å². The van der Waals surface area contributed by atoms with E-state index in [2.05, 4.69) is 29.2 Å². The molecule has 2 aromatic carbocycles. The normalized spacial score (nSPS) is 15.0. The van der Waals surface area contributed by atoms with Gasteiger partial charge in [0.25, 0.3) is 5.91 Å². The molecule has 0 saturated carbocycles. The van der Waals surface area contributed by atoms with E-state index in [0.717, 1.165) is 37.9 Å². The Kier molecular flexibility index (Phi) is 4.92. The minimum Gasteiger partial charge on any atom is -0.444 e. The number of nitrogens with two attached hydrogens (primary N) is 1. The van der Waals surface area contributed by atoms with Gasteiger partial charge in [-0.1, -0.05) is 30.3 Å². The predicted octanol–water partition coefficient (Wildman–Crippen LogP) is 4.02. The van der Waals surface area contributed by atoms with E-state index in [1.165, 1.54) is 11.8 Å². The zero-order chi connectivity index (χ0) is 18.6. The molecular formula is C22H23N3O2. The first-order valence-corrected chi connectivity index (χ1v) is 9.33. The third-order valence-electron chi connectivity index (χ3n) is 5.15. The maximum absolute atomic E-state index is 12.7. The Morgan fingerprint density at radius 3 is 2.48 bits per heavy atom. The number of carbonyl (C=O) groups excluding carboxylic acids is 1. The van der Waals surface area contributed by atoms with Gasteiger partial charge in [-0.05, 0) is 55.0 Å². The molecule has 1 aliphatic rings. The summed E-state index contributed by atoms with van der Waals surface area (Å²) >= 11 is 0. The highest BCUT2D eigenvalue weighted by atomic mass is 16.3. The third kappa shape index (κ3) is 4.03. The van der Waals surface area contributed by atoms with Gasteiger partial charge in [0.15, 0.2) is 5.69 Å². The molecule has 0 radical (unpaired) electrons. The highest BCUT2D eigenvalue weighted by molar-refractivity contribution is 5.92. The summed E-state index contributed by atoms with van der Waals surface area (Å²) in [6.07, 6.45) is 4.56. The minimum atomic E-state index is -0.0568. The minimum absolute atomic E-state index is 0.0568. The number of aromatic nitrogens is 1. The van der Waals surface area contributed by atoms with Gasteiger partial charge in [-0.2, -0.15) is 0 Å². The molecule has 1 fully saturated rings. The fourth-order valence-corrected chi connectivity index (χ4v) is 3.58. The highest BCUT2D eigenvalue weighted by Crippen LogP contribution is 2.24. The number of anilines is 1. The second-order valence-electron chi connectivity index (χ2n) is 7.09. The number of likely N-dealkylation sites (tertiary alicyclic amines) is 1.